The van der Waals surface area contributed by atoms with E-state index in [0.717, 1.165) is 11.6 Å². The molecule has 1 aromatic carbocycles. The Morgan fingerprint density at radius 2 is 1.88 bits per heavy atom. The van der Waals surface area contributed by atoms with Crippen molar-refractivity contribution in [2.24, 2.45) is 10.2 Å². The summed E-state index contributed by atoms with van der Waals surface area (Å²) < 4.78 is 0. The minimum atomic E-state index is -1.20. The van der Waals surface area contributed by atoms with Gasteiger partial charge in [0.15, 0.2) is 0 Å². The van der Waals surface area contributed by atoms with Crippen molar-refractivity contribution < 1.29 is 44.6 Å². The summed E-state index contributed by atoms with van der Waals surface area (Å²) in [5, 5.41) is 26.0. The molecule has 1 aromatic rings. The molecule has 0 saturated carbocycles. The fourth-order valence-corrected chi connectivity index (χ4v) is 0.867. The molecule has 6 heteroatoms. The molecule has 0 saturated heterocycles. The molecule has 0 bridgehead atoms. The molecule has 0 aliphatic carbocycles. The van der Waals surface area contributed by atoms with Gasteiger partial charge in [0, 0.05) is 12.0 Å². The molecule has 0 heterocycles. The van der Waals surface area contributed by atoms with Crippen molar-refractivity contribution in [2.45, 2.75) is 0 Å². The number of hydrogen-bond acceptors (Lipinski definition) is 4. The Hall–Kier alpha value is -1.43. The smallest absolute Gasteiger partial charge is 0.857 e. The van der Waals surface area contributed by atoms with Crippen LogP contribution in [0.2, 0.25) is 0 Å². The molecular weight excluding hydrogens is 231 g/mol. The van der Waals surface area contributed by atoms with E-state index in [1.807, 2.05) is 18.2 Å². The number of carboxylic acids is 1. The first-order valence-electron chi connectivity index (χ1n) is 4.42. The van der Waals surface area contributed by atoms with Crippen LogP contribution in [0.25, 0.3) is 0 Å². The first-order valence-corrected chi connectivity index (χ1v) is 4.42. The number of benzene rings is 1. The van der Waals surface area contributed by atoms with Crippen molar-refractivity contribution in [2.75, 3.05) is 0 Å². The Labute approximate surface area is 120 Å². The Balaban J connectivity index is 0.00000256. The van der Waals surface area contributed by atoms with Gasteiger partial charge in [-0.05, 0) is 11.6 Å². The van der Waals surface area contributed by atoms with Crippen LogP contribution in [0, 0.1) is 0 Å². The molecule has 82 valence electrons. The number of carboxylic acid groups (broad SMARTS) is 1. The van der Waals surface area contributed by atoms with Crippen molar-refractivity contribution in [3.05, 3.63) is 48.0 Å². The number of carbonyl (C=O) groups is 1. The third-order valence-corrected chi connectivity index (χ3v) is 1.53. The van der Waals surface area contributed by atoms with Crippen molar-refractivity contribution >= 4 is 18.1 Å². The largest absolute Gasteiger partial charge is 1.00 e. The van der Waals surface area contributed by atoms with Crippen molar-refractivity contribution in [3.63, 3.8) is 0 Å². The van der Waals surface area contributed by atoms with E-state index in [0.29, 0.717) is 6.08 Å². The fourth-order valence-electron chi connectivity index (χ4n) is 0.867. The molecule has 0 unspecified atom stereocenters. The summed E-state index contributed by atoms with van der Waals surface area (Å²) in [5.74, 6) is -1.91. The summed E-state index contributed by atoms with van der Waals surface area (Å²) in [5.41, 5.74) is 0.807. The minimum Gasteiger partial charge on any atom is -0.857 e. The van der Waals surface area contributed by atoms with Gasteiger partial charge >= 0.3 is 35.5 Å². The maximum absolute atomic E-state index is 10.9. The fraction of sp³-hybridized carbons (Fsp3) is 0. The second-order valence-corrected chi connectivity index (χ2v) is 2.77. The normalized spacial score (nSPS) is 11.6. The second-order valence-electron chi connectivity index (χ2n) is 2.77. The topological polar surface area (TPSA) is 85.1 Å². The van der Waals surface area contributed by atoms with Crippen molar-refractivity contribution in [1.82, 2.24) is 0 Å². The van der Waals surface area contributed by atoms with Crippen LogP contribution in [0.3, 0.4) is 0 Å². The van der Waals surface area contributed by atoms with E-state index in [9.17, 15) is 9.90 Å². The van der Waals surface area contributed by atoms with Gasteiger partial charge in [-0.25, -0.2) is 4.79 Å². The summed E-state index contributed by atoms with van der Waals surface area (Å²) in [6, 6.07) is 9.11. The SMILES string of the molecule is O=C(O)\C=C/C([O-])=N\N=C/c1ccccc1.[Na+]. The molecule has 0 spiro atoms. The van der Waals surface area contributed by atoms with Gasteiger partial charge in [-0.15, -0.1) is 0 Å². The Kier molecular flexibility index (Phi) is 7.96. The predicted octanol–water partition coefficient (Wildman–Crippen LogP) is -2.58. The maximum Gasteiger partial charge on any atom is 1.00 e. The zero-order chi connectivity index (χ0) is 11.8. The van der Waals surface area contributed by atoms with Gasteiger partial charge in [0.05, 0.1) is 6.21 Å². The van der Waals surface area contributed by atoms with E-state index in [2.05, 4.69) is 10.2 Å². The Morgan fingerprint density at radius 1 is 1.24 bits per heavy atom. The second kappa shape index (κ2) is 8.69. The molecule has 0 aliphatic rings. The van der Waals surface area contributed by atoms with Gasteiger partial charge in [-0.3, -0.25) is 0 Å². The summed E-state index contributed by atoms with van der Waals surface area (Å²) in [7, 11) is 0. The molecule has 0 atom stereocenters. The third-order valence-electron chi connectivity index (χ3n) is 1.53. The van der Waals surface area contributed by atoms with Crippen molar-refractivity contribution in [1.29, 1.82) is 0 Å². The van der Waals surface area contributed by atoms with Gasteiger partial charge in [0.2, 0.25) is 0 Å². The third kappa shape index (κ3) is 7.46. The average molecular weight is 240 g/mol. The van der Waals surface area contributed by atoms with E-state index in [4.69, 9.17) is 5.11 Å². The molecule has 5 nitrogen and oxygen atoms in total. The Bertz CT molecular complexity index is 441. The average Bonchev–Trinajstić information content (AvgIpc) is 2.28. The van der Waals surface area contributed by atoms with Gasteiger partial charge in [0.25, 0.3) is 0 Å². The number of rotatable bonds is 4. The number of aliphatic carboxylic acids is 1. The van der Waals surface area contributed by atoms with Gasteiger partial charge < -0.3 is 10.2 Å². The van der Waals surface area contributed by atoms with E-state index in [1.54, 1.807) is 12.1 Å². The summed E-state index contributed by atoms with van der Waals surface area (Å²) >= 11 is 0. The van der Waals surface area contributed by atoms with Crippen LogP contribution in [0.15, 0.2) is 52.7 Å². The van der Waals surface area contributed by atoms with Gasteiger partial charge in [-0.1, -0.05) is 30.3 Å². The molecule has 0 aliphatic heterocycles. The molecule has 0 fully saturated rings. The van der Waals surface area contributed by atoms with E-state index >= 15 is 0 Å². The van der Waals surface area contributed by atoms with Crippen LogP contribution < -0.4 is 34.7 Å². The predicted molar refractivity (Wildman–Crippen MR) is 58.2 cm³/mol. The molecular formula is C11H9N2NaO3. The monoisotopic (exact) mass is 240 g/mol. The summed E-state index contributed by atoms with van der Waals surface area (Å²) in [6.45, 7) is 0. The maximum atomic E-state index is 10.9. The molecule has 17 heavy (non-hydrogen) atoms. The zero-order valence-electron chi connectivity index (χ0n) is 9.28. The van der Waals surface area contributed by atoms with E-state index in [1.165, 1.54) is 6.21 Å². The molecule has 0 amide bonds. The first-order chi connectivity index (χ1) is 7.68. The van der Waals surface area contributed by atoms with Gasteiger partial charge in [-0.2, -0.15) is 10.2 Å². The van der Waals surface area contributed by atoms with Crippen LogP contribution in [-0.2, 0) is 4.79 Å². The number of nitrogens with zero attached hydrogens (tertiary/aromatic N) is 2. The van der Waals surface area contributed by atoms with Crippen LogP contribution in [0.1, 0.15) is 5.56 Å². The quantitative estimate of drug-likeness (QED) is 0.206. The molecule has 0 radical (unpaired) electrons. The van der Waals surface area contributed by atoms with Gasteiger partial charge in [0.1, 0.15) is 0 Å². The summed E-state index contributed by atoms with van der Waals surface area (Å²) in [6.07, 6.45) is 2.96. The van der Waals surface area contributed by atoms with Crippen molar-refractivity contribution in [3.8, 4) is 0 Å². The van der Waals surface area contributed by atoms with Crippen LogP contribution in [0.5, 0.6) is 0 Å². The zero-order valence-corrected chi connectivity index (χ0v) is 11.3. The number of hydrogen-bond donors (Lipinski definition) is 1. The Morgan fingerprint density at radius 3 is 2.47 bits per heavy atom. The standard InChI is InChI=1S/C11H10N2O3.Na/c14-10(6-7-11(15)16)13-12-8-9-4-2-1-3-5-9;/h1-8H,(H,13,14)(H,15,16);/q;+1/p-1/b7-6-,12-8-;. The molecule has 0 aromatic heterocycles. The molecule has 1 rings (SSSR count). The van der Waals surface area contributed by atoms with Crippen LogP contribution in [-0.4, -0.2) is 23.2 Å². The minimum absolute atomic E-state index is 0. The first kappa shape index (κ1) is 15.6. The van der Waals surface area contributed by atoms with E-state index in [-0.39, 0.29) is 29.6 Å². The van der Waals surface area contributed by atoms with E-state index < -0.39 is 11.9 Å². The van der Waals surface area contributed by atoms with Crippen LogP contribution in [0.4, 0.5) is 0 Å². The van der Waals surface area contributed by atoms with Crippen LogP contribution >= 0.6 is 0 Å². The molecule has 1 N–H and O–H groups in total. The summed E-state index contributed by atoms with van der Waals surface area (Å²) in [4.78, 5) is 10.1.